The fourth-order valence-electron chi connectivity index (χ4n) is 0.929. The van der Waals surface area contributed by atoms with Gasteiger partial charge in [0.1, 0.15) is 0 Å². The van der Waals surface area contributed by atoms with Crippen LogP contribution in [0.25, 0.3) is 0 Å². The zero-order valence-electron chi connectivity index (χ0n) is 6.98. The molecule has 0 aliphatic carbocycles. The molecule has 1 N–H and O–H groups in total. The molecule has 13 heavy (non-hydrogen) atoms. The minimum atomic E-state index is 0.584. The van der Waals surface area contributed by atoms with Crippen LogP contribution in [0.5, 0.6) is 0 Å². The highest BCUT2D eigenvalue weighted by Crippen LogP contribution is 2.22. The van der Waals surface area contributed by atoms with E-state index in [2.05, 4.69) is 27.2 Å². The Morgan fingerprint density at radius 2 is 2.31 bits per heavy atom. The van der Waals surface area contributed by atoms with Crippen LogP contribution in [0.15, 0.2) is 22.7 Å². The standard InChI is InChI=1S/C10H9BrClN/c1-2-5-13-7-8-3-4-10(12)9(11)6-8/h1,3-4,6,13H,5,7H2. The third kappa shape index (κ3) is 3.40. The summed E-state index contributed by atoms with van der Waals surface area (Å²) in [5, 5.41) is 3.82. The van der Waals surface area contributed by atoms with Crippen LogP contribution in [0.4, 0.5) is 0 Å². The van der Waals surface area contributed by atoms with Crippen LogP contribution < -0.4 is 5.32 Å². The molecule has 0 aromatic heterocycles. The van der Waals surface area contributed by atoms with Gasteiger partial charge in [-0.2, -0.15) is 0 Å². The first-order chi connectivity index (χ1) is 6.24. The maximum Gasteiger partial charge on any atom is 0.0576 e. The van der Waals surface area contributed by atoms with Crippen LogP contribution in [0.2, 0.25) is 5.02 Å². The van der Waals surface area contributed by atoms with E-state index in [0.29, 0.717) is 6.54 Å². The van der Waals surface area contributed by atoms with Gasteiger partial charge < -0.3 is 5.32 Å². The molecule has 0 spiro atoms. The van der Waals surface area contributed by atoms with Crippen LogP contribution in [0, 0.1) is 12.3 Å². The molecule has 0 aliphatic rings. The molecule has 0 saturated carbocycles. The van der Waals surface area contributed by atoms with E-state index >= 15 is 0 Å². The predicted octanol–water partition coefficient (Wildman–Crippen LogP) is 2.83. The van der Waals surface area contributed by atoms with E-state index in [4.69, 9.17) is 18.0 Å². The van der Waals surface area contributed by atoms with Crippen LogP contribution in [0.1, 0.15) is 5.56 Å². The van der Waals surface area contributed by atoms with Crippen molar-refractivity contribution < 1.29 is 0 Å². The number of hydrogen-bond acceptors (Lipinski definition) is 1. The maximum absolute atomic E-state index is 5.84. The second kappa shape index (κ2) is 5.29. The molecular weight excluding hydrogens is 249 g/mol. The van der Waals surface area contributed by atoms with Gasteiger partial charge in [0.15, 0.2) is 0 Å². The molecule has 1 aromatic carbocycles. The van der Waals surface area contributed by atoms with Gasteiger partial charge in [-0.25, -0.2) is 0 Å². The van der Waals surface area contributed by atoms with E-state index in [1.54, 1.807) is 0 Å². The first-order valence-electron chi connectivity index (χ1n) is 3.82. The molecule has 0 aliphatic heterocycles. The summed E-state index contributed by atoms with van der Waals surface area (Å²) in [7, 11) is 0. The fourth-order valence-corrected chi connectivity index (χ4v) is 1.47. The summed E-state index contributed by atoms with van der Waals surface area (Å²) in [6.07, 6.45) is 5.10. The summed E-state index contributed by atoms with van der Waals surface area (Å²) >= 11 is 9.20. The van der Waals surface area contributed by atoms with Crippen LogP contribution in [0.3, 0.4) is 0 Å². The average Bonchev–Trinajstić information content (AvgIpc) is 2.12. The van der Waals surface area contributed by atoms with Crippen molar-refractivity contribution in [1.29, 1.82) is 0 Å². The van der Waals surface area contributed by atoms with E-state index in [9.17, 15) is 0 Å². The lowest BCUT2D eigenvalue weighted by molar-refractivity contribution is 0.770. The second-order valence-corrected chi connectivity index (χ2v) is 3.82. The fraction of sp³-hybridized carbons (Fsp3) is 0.200. The quantitative estimate of drug-likeness (QED) is 0.649. The molecule has 0 saturated heterocycles. The van der Waals surface area contributed by atoms with Gasteiger partial charge in [0, 0.05) is 11.0 Å². The molecule has 3 heteroatoms. The molecule has 0 bridgehead atoms. The smallest absolute Gasteiger partial charge is 0.0576 e. The SMILES string of the molecule is C#CCNCc1ccc(Cl)c(Br)c1. The third-order valence-electron chi connectivity index (χ3n) is 1.54. The Morgan fingerprint density at radius 3 is 2.92 bits per heavy atom. The first kappa shape index (κ1) is 10.6. The lowest BCUT2D eigenvalue weighted by Crippen LogP contribution is -2.12. The number of halogens is 2. The van der Waals surface area contributed by atoms with Gasteiger partial charge in [-0.15, -0.1) is 6.42 Å². The number of terminal acetylenes is 1. The van der Waals surface area contributed by atoms with E-state index in [-0.39, 0.29) is 0 Å². The molecule has 1 nitrogen and oxygen atoms in total. The number of rotatable bonds is 3. The summed E-state index contributed by atoms with van der Waals surface area (Å²) in [6, 6.07) is 5.81. The van der Waals surface area contributed by atoms with E-state index in [1.165, 1.54) is 0 Å². The normalized spacial score (nSPS) is 9.62. The lowest BCUT2D eigenvalue weighted by atomic mass is 10.2. The summed E-state index contributed by atoms with van der Waals surface area (Å²) in [6.45, 7) is 1.35. The summed E-state index contributed by atoms with van der Waals surface area (Å²) in [4.78, 5) is 0. The Morgan fingerprint density at radius 1 is 1.54 bits per heavy atom. The number of nitrogens with one attached hydrogen (secondary N) is 1. The van der Waals surface area contributed by atoms with Gasteiger partial charge in [0.2, 0.25) is 0 Å². The van der Waals surface area contributed by atoms with E-state index in [0.717, 1.165) is 21.6 Å². The van der Waals surface area contributed by atoms with Gasteiger partial charge in [-0.1, -0.05) is 23.6 Å². The summed E-state index contributed by atoms with van der Waals surface area (Å²) in [5.41, 5.74) is 1.16. The minimum absolute atomic E-state index is 0.584. The Bertz CT molecular complexity index is 330. The highest BCUT2D eigenvalue weighted by atomic mass is 79.9. The van der Waals surface area contributed by atoms with Crippen molar-refractivity contribution in [2.75, 3.05) is 6.54 Å². The maximum atomic E-state index is 5.84. The highest BCUT2D eigenvalue weighted by Gasteiger charge is 1.97. The van der Waals surface area contributed by atoms with Crippen LogP contribution in [-0.2, 0) is 6.54 Å². The van der Waals surface area contributed by atoms with E-state index < -0.39 is 0 Å². The van der Waals surface area contributed by atoms with Gasteiger partial charge in [0.05, 0.1) is 11.6 Å². The van der Waals surface area contributed by atoms with Crippen LogP contribution >= 0.6 is 27.5 Å². The molecule has 0 unspecified atom stereocenters. The van der Waals surface area contributed by atoms with Crippen molar-refractivity contribution in [3.63, 3.8) is 0 Å². The molecule has 0 atom stereocenters. The zero-order valence-corrected chi connectivity index (χ0v) is 9.32. The first-order valence-corrected chi connectivity index (χ1v) is 4.99. The van der Waals surface area contributed by atoms with Gasteiger partial charge in [-0.3, -0.25) is 0 Å². The molecule has 68 valence electrons. The predicted molar refractivity (Wildman–Crippen MR) is 59.7 cm³/mol. The Labute approximate surface area is 91.6 Å². The van der Waals surface area contributed by atoms with Crippen LogP contribution in [-0.4, -0.2) is 6.54 Å². The highest BCUT2D eigenvalue weighted by molar-refractivity contribution is 9.10. The van der Waals surface area contributed by atoms with Crippen molar-refractivity contribution >= 4 is 27.5 Å². The molecule has 0 heterocycles. The third-order valence-corrected chi connectivity index (χ3v) is 2.75. The molecule has 0 fully saturated rings. The minimum Gasteiger partial charge on any atom is -0.302 e. The Balaban J connectivity index is 2.59. The Hall–Kier alpha value is -0.490. The van der Waals surface area contributed by atoms with Crippen molar-refractivity contribution in [1.82, 2.24) is 5.32 Å². The topological polar surface area (TPSA) is 12.0 Å². The average molecular weight is 259 g/mol. The molecule has 1 rings (SSSR count). The Kier molecular flexibility index (Phi) is 4.31. The van der Waals surface area contributed by atoms with Crippen molar-refractivity contribution in [3.05, 3.63) is 33.3 Å². The molecule has 1 aromatic rings. The van der Waals surface area contributed by atoms with E-state index in [1.807, 2.05) is 18.2 Å². The largest absolute Gasteiger partial charge is 0.302 e. The molecular formula is C10H9BrClN. The zero-order chi connectivity index (χ0) is 9.68. The van der Waals surface area contributed by atoms with Gasteiger partial charge in [-0.05, 0) is 33.6 Å². The molecule has 0 amide bonds. The number of hydrogen-bond donors (Lipinski definition) is 1. The summed E-state index contributed by atoms with van der Waals surface area (Å²) in [5.74, 6) is 2.52. The van der Waals surface area contributed by atoms with Gasteiger partial charge in [0.25, 0.3) is 0 Å². The van der Waals surface area contributed by atoms with Crippen molar-refractivity contribution in [3.8, 4) is 12.3 Å². The monoisotopic (exact) mass is 257 g/mol. The number of benzene rings is 1. The molecule has 0 radical (unpaired) electrons. The van der Waals surface area contributed by atoms with Gasteiger partial charge >= 0.3 is 0 Å². The summed E-state index contributed by atoms with van der Waals surface area (Å²) < 4.78 is 0.911. The van der Waals surface area contributed by atoms with Crippen molar-refractivity contribution in [2.45, 2.75) is 6.54 Å². The second-order valence-electron chi connectivity index (χ2n) is 2.56. The lowest BCUT2D eigenvalue weighted by Gasteiger charge is -2.02. The van der Waals surface area contributed by atoms with Crippen molar-refractivity contribution in [2.24, 2.45) is 0 Å².